The predicted molar refractivity (Wildman–Crippen MR) is 91.2 cm³/mol. The summed E-state index contributed by atoms with van der Waals surface area (Å²) in [5, 5.41) is 14.2. The fourth-order valence-corrected chi connectivity index (χ4v) is 3.29. The Morgan fingerprint density at radius 3 is 3.04 bits per heavy atom. The van der Waals surface area contributed by atoms with Gasteiger partial charge in [0.15, 0.2) is 0 Å². The smallest absolute Gasteiger partial charge is 0.227 e. The second-order valence-electron chi connectivity index (χ2n) is 6.44. The number of fused-ring (bicyclic) bond motifs is 1. The van der Waals surface area contributed by atoms with Crippen LogP contribution in [0.25, 0.3) is 10.9 Å². The number of piperidine rings is 1. The first-order chi connectivity index (χ1) is 11.1. The molecule has 0 radical (unpaired) electrons. The molecular weight excluding hydrogens is 290 g/mol. The van der Waals surface area contributed by atoms with E-state index in [1.165, 1.54) is 10.9 Å². The topological polar surface area (TPSA) is 57.5 Å². The van der Waals surface area contributed by atoms with Gasteiger partial charge in [-0.3, -0.25) is 4.79 Å². The van der Waals surface area contributed by atoms with Crippen molar-refractivity contribution in [2.75, 3.05) is 26.7 Å². The molecule has 0 spiro atoms. The summed E-state index contributed by atoms with van der Waals surface area (Å²) in [4.78, 5) is 14.3. The summed E-state index contributed by atoms with van der Waals surface area (Å²) in [6, 6.07) is 10.4. The lowest BCUT2D eigenvalue weighted by Gasteiger charge is -2.32. The Morgan fingerprint density at radius 1 is 1.35 bits per heavy atom. The van der Waals surface area contributed by atoms with Crippen molar-refractivity contribution in [2.45, 2.75) is 25.5 Å². The predicted octanol–water partition coefficient (Wildman–Crippen LogP) is 1.46. The summed E-state index contributed by atoms with van der Waals surface area (Å²) < 4.78 is 2.21. The van der Waals surface area contributed by atoms with Crippen molar-refractivity contribution in [3.63, 3.8) is 0 Å². The number of hydrogen-bond donors (Lipinski definition) is 2. The maximum atomic E-state index is 12.2. The zero-order chi connectivity index (χ0) is 16.2. The van der Waals surface area contributed by atoms with E-state index >= 15 is 0 Å². The highest BCUT2D eigenvalue weighted by molar-refractivity contribution is 5.80. The third-order valence-electron chi connectivity index (χ3n) is 4.67. The molecule has 0 unspecified atom stereocenters. The van der Waals surface area contributed by atoms with E-state index in [4.69, 9.17) is 0 Å². The molecule has 124 valence electrons. The van der Waals surface area contributed by atoms with Crippen LogP contribution in [-0.4, -0.2) is 53.3 Å². The zero-order valence-corrected chi connectivity index (χ0v) is 13.6. The maximum Gasteiger partial charge on any atom is 0.227 e. The molecule has 2 aromatic rings. The normalized spacial score (nSPS) is 22.3. The van der Waals surface area contributed by atoms with Crippen molar-refractivity contribution >= 4 is 16.8 Å². The molecule has 1 aromatic carbocycles. The first-order valence-electron chi connectivity index (χ1n) is 8.33. The minimum Gasteiger partial charge on any atom is -0.392 e. The minimum atomic E-state index is -0.514. The third kappa shape index (κ3) is 3.74. The number of carbonyl (C=O) groups is 1. The first kappa shape index (κ1) is 16.0. The molecule has 3 rings (SSSR count). The molecule has 5 nitrogen and oxygen atoms in total. The van der Waals surface area contributed by atoms with Crippen LogP contribution in [0.1, 0.15) is 12.8 Å². The molecule has 2 heterocycles. The number of nitrogens with one attached hydrogen (secondary N) is 1. The number of aliphatic hydroxyl groups is 1. The van der Waals surface area contributed by atoms with Gasteiger partial charge in [-0.15, -0.1) is 0 Å². The van der Waals surface area contributed by atoms with Gasteiger partial charge in [0.2, 0.25) is 5.91 Å². The molecule has 1 fully saturated rings. The van der Waals surface area contributed by atoms with Crippen molar-refractivity contribution in [1.29, 1.82) is 0 Å². The van der Waals surface area contributed by atoms with Crippen molar-refractivity contribution in [3.05, 3.63) is 36.5 Å². The number of amides is 1. The van der Waals surface area contributed by atoms with Gasteiger partial charge in [0.1, 0.15) is 0 Å². The van der Waals surface area contributed by atoms with Gasteiger partial charge in [-0.1, -0.05) is 18.2 Å². The van der Waals surface area contributed by atoms with Crippen LogP contribution in [-0.2, 0) is 11.3 Å². The summed E-state index contributed by atoms with van der Waals surface area (Å²) >= 11 is 0. The van der Waals surface area contributed by atoms with Gasteiger partial charge in [-0.25, -0.2) is 0 Å². The third-order valence-corrected chi connectivity index (χ3v) is 4.67. The SMILES string of the molecule is CN1CC[C@@H](O)[C@H](C(=O)NCCCn2ccc3ccccc32)C1. The molecule has 1 aliphatic rings. The molecule has 1 saturated heterocycles. The Morgan fingerprint density at radius 2 is 2.17 bits per heavy atom. The van der Waals surface area contributed by atoms with E-state index in [9.17, 15) is 9.90 Å². The number of likely N-dealkylation sites (tertiary alicyclic amines) is 1. The molecule has 2 atom stereocenters. The number of carbonyl (C=O) groups excluding carboxylic acids is 1. The fraction of sp³-hybridized carbons (Fsp3) is 0.500. The summed E-state index contributed by atoms with van der Waals surface area (Å²) in [5.74, 6) is -0.331. The lowest BCUT2D eigenvalue weighted by atomic mass is 9.94. The number of nitrogens with zero attached hydrogens (tertiary/aromatic N) is 2. The van der Waals surface area contributed by atoms with Gasteiger partial charge in [0.25, 0.3) is 0 Å². The average molecular weight is 315 g/mol. The average Bonchev–Trinajstić information content (AvgIpc) is 2.97. The van der Waals surface area contributed by atoms with E-state index in [-0.39, 0.29) is 11.8 Å². The van der Waals surface area contributed by atoms with Crippen LogP contribution in [0.4, 0.5) is 0 Å². The zero-order valence-electron chi connectivity index (χ0n) is 13.6. The first-order valence-corrected chi connectivity index (χ1v) is 8.33. The molecule has 1 amide bonds. The van der Waals surface area contributed by atoms with Gasteiger partial charge in [-0.05, 0) is 37.4 Å². The van der Waals surface area contributed by atoms with Gasteiger partial charge in [0, 0.05) is 37.9 Å². The Balaban J connectivity index is 1.47. The van der Waals surface area contributed by atoms with Crippen molar-refractivity contribution in [1.82, 2.24) is 14.8 Å². The Bertz CT molecular complexity index is 667. The molecule has 1 aliphatic heterocycles. The molecule has 5 heteroatoms. The summed E-state index contributed by atoms with van der Waals surface area (Å²) in [6.45, 7) is 3.00. The highest BCUT2D eigenvalue weighted by atomic mass is 16.3. The maximum absolute atomic E-state index is 12.2. The largest absolute Gasteiger partial charge is 0.392 e. The van der Waals surface area contributed by atoms with Gasteiger partial charge >= 0.3 is 0 Å². The molecule has 1 aromatic heterocycles. The Hall–Kier alpha value is -1.85. The minimum absolute atomic E-state index is 0.0265. The fourth-order valence-electron chi connectivity index (χ4n) is 3.29. The molecule has 23 heavy (non-hydrogen) atoms. The van der Waals surface area contributed by atoms with Gasteiger partial charge in [-0.2, -0.15) is 0 Å². The van der Waals surface area contributed by atoms with Crippen LogP contribution in [0.3, 0.4) is 0 Å². The molecule has 2 N–H and O–H groups in total. The monoisotopic (exact) mass is 315 g/mol. The number of rotatable bonds is 5. The van der Waals surface area contributed by atoms with Gasteiger partial charge < -0.3 is 19.9 Å². The lowest BCUT2D eigenvalue weighted by molar-refractivity contribution is -0.131. The highest BCUT2D eigenvalue weighted by Crippen LogP contribution is 2.17. The number of benzene rings is 1. The van der Waals surface area contributed by atoms with E-state index < -0.39 is 6.10 Å². The summed E-state index contributed by atoms with van der Waals surface area (Å²) in [5.41, 5.74) is 1.23. The van der Waals surface area contributed by atoms with E-state index in [0.29, 0.717) is 19.5 Å². The van der Waals surface area contributed by atoms with Crippen LogP contribution in [0.15, 0.2) is 36.5 Å². The molecular formula is C18H25N3O2. The van der Waals surface area contributed by atoms with E-state index in [1.54, 1.807) is 0 Å². The van der Waals surface area contributed by atoms with Crippen molar-refractivity contribution < 1.29 is 9.90 Å². The quantitative estimate of drug-likeness (QED) is 0.821. The Labute approximate surface area is 136 Å². The number of aliphatic hydroxyl groups excluding tert-OH is 1. The van der Waals surface area contributed by atoms with Crippen molar-refractivity contribution in [3.8, 4) is 0 Å². The number of aromatic nitrogens is 1. The number of para-hydroxylation sites is 1. The molecule has 0 aliphatic carbocycles. The van der Waals surface area contributed by atoms with Crippen LogP contribution >= 0.6 is 0 Å². The highest BCUT2D eigenvalue weighted by Gasteiger charge is 2.31. The van der Waals surface area contributed by atoms with E-state index in [2.05, 4.69) is 39.2 Å². The lowest BCUT2D eigenvalue weighted by Crippen LogP contribution is -2.48. The summed E-state index contributed by atoms with van der Waals surface area (Å²) in [6.07, 6.45) is 3.12. The summed E-state index contributed by atoms with van der Waals surface area (Å²) in [7, 11) is 1.99. The number of aryl methyl sites for hydroxylation is 1. The van der Waals surface area contributed by atoms with E-state index in [1.807, 2.05) is 19.2 Å². The van der Waals surface area contributed by atoms with Crippen LogP contribution in [0, 0.1) is 5.92 Å². The number of hydrogen-bond acceptors (Lipinski definition) is 3. The van der Waals surface area contributed by atoms with Gasteiger partial charge in [0.05, 0.1) is 12.0 Å². The van der Waals surface area contributed by atoms with Crippen LogP contribution in [0.2, 0.25) is 0 Å². The standard InChI is InChI=1S/C18H25N3O2/c1-20-11-8-17(22)15(13-20)18(23)19-9-4-10-21-12-7-14-5-2-3-6-16(14)21/h2-3,5-7,12,15,17,22H,4,8-11,13H2,1H3,(H,19,23)/t15-,17-/m1/s1. The second kappa shape index (κ2) is 7.15. The second-order valence-corrected chi connectivity index (χ2v) is 6.44. The van der Waals surface area contributed by atoms with Crippen molar-refractivity contribution in [2.24, 2.45) is 5.92 Å². The van der Waals surface area contributed by atoms with Crippen LogP contribution < -0.4 is 5.32 Å². The van der Waals surface area contributed by atoms with Crippen LogP contribution in [0.5, 0.6) is 0 Å². The molecule has 0 saturated carbocycles. The van der Waals surface area contributed by atoms with E-state index in [0.717, 1.165) is 19.5 Å². The molecule has 0 bridgehead atoms. The Kier molecular flexibility index (Phi) is 4.98.